The van der Waals surface area contributed by atoms with Gasteiger partial charge in [-0.1, -0.05) is 37.1 Å². The topological polar surface area (TPSA) is 83.1 Å². The van der Waals surface area contributed by atoms with Gasteiger partial charge in [0.25, 0.3) is 0 Å². The van der Waals surface area contributed by atoms with Crippen molar-refractivity contribution >= 4 is 11.6 Å². The second-order valence-electron chi connectivity index (χ2n) is 5.72. The van der Waals surface area contributed by atoms with E-state index in [2.05, 4.69) is 23.8 Å². The summed E-state index contributed by atoms with van der Waals surface area (Å²) in [5.41, 5.74) is 13.9. The van der Waals surface area contributed by atoms with Gasteiger partial charge in [0.15, 0.2) is 6.23 Å². The molecule has 1 aromatic carbocycles. The standard InChI is InChI=1S/C16H19ClN4O/c1-2-3-12-14-13(9-4-6-10(17)7-5-9)11(8-18)15(19)22-16(14)21-20-12/h4-7,12-14,16,20-21H,2-3,19H2,1H3. The number of benzene rings is 1. The van der Waals surface area contributed by atoms with Crippen molar-refractivity contribution in [1.82, 2.24) is 10.9 Å². The van der Waals surface area contributed by atoms with Gasteiger partial charge in [0.1, 0.15) is 6.07 Å². The Kier molecular flexibility index (Phi) is 4.25. The van der Waals surface area contributed by atoms with Gasteiger partial charge in [-0.25, -0.2) is 5.43 Å². The summed E-state index contributed by atoms with van der Waals surface area (Å²) in [7, 11) is 0. The average molecular weight is 319 g/mol. The van der Waals surface area contributed by atoms with Crippen LogP contribution >= 0.6 is 11.6 Å². The van der Waals surface area contributed by atoms with E-state index >= 15 is 0 Å². The number of hydrogen-bond donors (Lipinski definition) is 3. The zero-order chi connectivity index (χ0) is 15.7. The van der Waals surface area contributed by atoms with Crippen molar-refractivity contribution in [2.45, 2.75) is 38.0 Å². The van der Waals surface area contributed by atoms with Crippen LogP contribution in [0.2, 0.25) is 5.02 Å². The van der Waals surface area contributed by atoms with E-state index in [9.17, 15) is 5.26 Å². The molecule has 2 aliphatic rings. The SMILES string of the molecule is CCCC1NNC2OC(N)=C(C#N)C(c3ccc(Cl)cc3)C12. The largest absolute Gasteiger partial charge is 0.458 e. The van der Waals surface area contributed by atoms with E-state index in [0.29, 0.717) is 10.6 Å². The third kappa shape index (κ3) is 2.54. The van der Waals surface area contributed by atoms with E-state index in [-0.39, 0.29) is 30.0 Å². The Hall–Kier alpha value is -1.74. The molecule has 1 saturated heterocycles. The molecule has 1 aromatic rings. The van der Waals surface area contributed by atoms with E-state index in [1.165, 1.54) is 0 Å². The molecule has 2 heterocycles. The van der Waals surface area contributed by atoms with Crippen LogP contribution in [0.25, 0.3) is 0 Å². The molecule has 5 nitrogen and oxygen atoms in total. The van der Waals surface area contributed by atoms with Crippen LogP contribution in [0, 0.1) is 17.2 Å². The quantitative estimate of drug-likeness (QED) is 0.797. The van der Waals surface area contributed by atoms with E-state index in [1.807, 2.05) is 24.3 Å². The summed E-state index contributed by atoms with van der Waals surface area (Å²) in [5.74, 6) is 0.221. The number of ether oxygens (including phenoxy) is 1. The molecule has 0 saturated carbocycles. The fourth-order valence-corrected chi connectivity index (χ4v) is 3.54. The number of hydrazine groups is 1. The Morgan fingerprint density at radius 2 is 2.05 bits per heavy atom. The van der Waals surface area contributed by atoms with Gasteiger partial charge in [0.2, 0.25) is 5.88 Å². The Bertz CT molecular complexity index is 622. The summed E-state index contributed by atoms with van der Waals surface area (Å²) < 4.78 is 5.70. The predicted octanol–water partition coefficient (Wildman–Crippen LogP) is 2.37. The molecule has 0 aliphatic carbocycles. The maximum atomic E-state index is 9.55. The van der Waals surface area contributed by atoms with E-state index in [1.54, 1.807) is 0 Å². The van der Waals surface area contributed by atoms with Crippen LogP contribution in [0.4, 0.5) is 0 Å². The molecular weight excluding hydrogens is 300 g/mol. The fourth-order valence-electron chi connectivity index (χ4n) is 3.41. The number of allylic oxidation sites excluding steroid dienone is 1. The molecule has 116 valence electrons. The summed E-state index contributed by atoms with van der Waals surface area (Å²) in [6.07, 6.45) is 1.83. The highest BCUT2D eigenvalue weighted by molar-refractivity contribution is 6.30. The Morgan fingerprint density at radius 3 is 2.68 bits per heavy atom. The van der Waals surface area contributed by atoms with Gasteiger partial charge in [-0.15, -0.1) is 0 Å². The summed E-state index contributed by atoms with van der Waals surface area (Å²) in [4.78, 5) is 0. The van der Waals surface area contributed by atoms with Gasteiger partial charge in [-0.2, -0.15) is 5.26 Å². The zero-order valence-corrected chi connectivity index (χ0v) is 13.1. The normalized spacial score (nSPS) is 30.6. The van der Waals surface area contributed by atoms with Crippen molar-refractivity contribution in [3.05, 3.63) is 46.3 Å². The molecular formula is C16H19ClN4O. The van der Waals surface area contributed by atoms with Gasteiger partial charge in [-0.05, 0) is 24.1 Å². The van der Waals surface area contributed by atoms with Crippen LogP contribution < -0.4 is 16.6 Å². The molecule has 0 spiro atoms. The van der Waals surface area contributed by atoms with Crippen LogP contribution in [0.3, 0.4) is 0 Å². The molecule has 6 heteroatoms. The monoisotopic (exact) mass is 318 g/mol. The first kappa shape index (κ1) is 15.2. The number of nitrogens with zero attached hydrogens (tertiary/aromatic N) is 1. The van der Waals surface area contributed by atoms with Gasteiger partial charge in [0.05, 0.1) is 5.57 Å². The van der Waals surface area contributed by atoms with E-state index < -0.39 is 0 Å². The van der Waals surface area contributed by atoms with Gasteiger partial charge < -0.3 is 10.5 Å². The fraction of sp³-hybridized carbons (Fsp3) is 0.438. The van der Waals surface area contributed by atoms with Crippen molar-refractivity contribution < 1.29 is 4.74 Å². The minimum atomic E-state index is -0.227. The highest BCUT2D eigenvalue weighted by Crippen LogP contribution is 2.43. The lowest BCUT2D eigenvalue weighted by Crippen LogP contribution is -2.41. The highest BCUT2D eigenvalue weighted by Gasteiger charge is 2.48. The lowest BCUT2D eigenvalue weighted by Gasteiger charge is -2.35. The van der Waals surface area contributed by atoms with Crippen LogP contribution in [0.5, 0.6) is 0 Å². The summed E-state index contributed by atoms with van der Waals surface area (Å²) in [6.45, 7) is 2.14. The number of fused-ring (bicyclic) bond motifs is 1. The lowest BCUT2D eigenvalue weighted by atomic mass is 9.75. The van der Waals surface area contributed by atoms with Crippen LogP contribution in [-0.2, 0) is 4.74 Å². The number of hydrogen-bond acceptors (Lipinski definition) is 5. The minimum absolute atomic E-state index is 0.0972. The molecule has 0 bridgehead atoms. The number of rotatable bonds is 3. The Balaban J connectivity index is 2.05. The average Bonchev–Trinajstić information content (AvgIpc) is 2.90. The van der Waals surface area contributed by atoms with Crippen LogP contribution in [-0.4, -0.2) is 12.3 Å². The second-order valence-corrected chi connectivity index (χ2v) is 6.16. The van der Waals surface area contributed by atoms with Crippen molar-refractivity contribution in [2.75, 3.05) is 0 Å². The highest BCUT2D eigenvalue weighted by atomic mass is 35.5. The third-order valence-corrected chi connectivity index (χ3v) is 4.64. The summed E-state index contributed by atoms with van der Waals surface area (Å²) in [6, 6.07) is 10.1. The molecule has 4 atom stereocenters. The molecule has 4 unspecified atom stereocenters. The maximum absolute atomic E-state index is 9.55. The van der Waals surface area contributed by atoms with Crippen molar-refractivity contribution in [1.29, 1.82) is 5.26 Å². The Morgan fingerprint density at radius 1 is 1.32 bits per heavy atom. The molecule has 3 rings (SSSR count). The molecule has 0 amide bonds. The minimum Gasteiger partial charge on any atom is -0.458 e. The maximum Gasteiger partial charge on any atom is 0.200 e. The molecule has 22 heavy (non-hydrogen) atoms. The predicted molar refractivity (Wildman–Crippen MR) is 84.3 cm³/mol. The number of nitrogens with two attached hydrogens (primary N) is 1. The van der Waals surface area contributed by atoms with Gasteiger partial charge >= 0.3 is 0 Å². The first-order valence-corrected chi connectivity index (χ1v) is 7.86. The molecule has 4 N–H and O–H groups in total. The Labute approximate surface area is 135 Å². The zero-order valence-electron chi connectivity index (χ0n) is 12.3. The van der Waals surface area contributed by atoms with Gasteiger partial charge in [0, 0.05) is 22.9 Å². The van der Waals surface area contributed by atoms with Crippen molar-refractivity contribution in [3.63, 3.8) is 0 Å². The van der Waals surface area contributed by atoms with Crippen LogP contribution in [0.1, 0.15) is 31.2 Å². The van der Waals surface area contributed by atoms with E-state index in [4.69, 9.17) is 22.1 Å². The van der Waals surface area contributed by atoms with E-state index in [0.717, 1.165) is 18.4 Å². The summed E-state index contributed by atoms with van der Waals surface area (Å²) >= 11 is 5.99. The molecule has 0 radical (unpaired) electrons. The van der Waals surface area contributed by atoms with Crippen LogP contribution in [0.15, 0.2) is 35.7 Å². The molecule has 2 aliphatic heterocycles. The summed E-state index contributed by atoms with van der Waals surface area (Å²) in [5, 5.41) is 10.2. The smallest absolute Gasteiger partial charge is 0.200 e. The first-order valence-electron chi connectivity index (χ1n) is 7.48. The van der Waals surface area contributed by atoms with Crippen molar-refractivity contribution in [3.8, 4) is 6.07 Å². The van der Waals surface area contributed by atoms with Crippen molar-refractivity contribution in [2.24, 2.45) is 11.7 Å². The molecule has 1 fully saturated rings. The number of nitrogens with one attached hydrogen (secondary N) is 2. The lowest BCUT2D eigenvalue weighted by molar-refractivity contribution is 0.0337. The molecule has 0 aromatic heterocycles. The number of halogens is 1. The first-order chi connectivity index (χ1) is 10.7. The number of nitriles is 1. The third-order valence-electron chi connectivity index (χ3n) is 4.39. The second kappa shape index (κ2) is 6.17. The van der Waals surface area contributed by atoms with Gasteiger partial charge in [-0.3, -0.25) is 5.43 Å².